The van der Waals surface area contributed by atoms with Gasteiger partial charge < -0.3 is 24.8 Å². The van der Waals surface area contributed by atoms with Crippen LogP contribution >= 0.6 is 11.3 Å². The zero-order valence-electron chi connectivity index (χ0n) is 14.3. The number of amides is 1. The Bertz CT molecular complexity index is 757. The predicted molar refractivity (Wildman–Crippen MR) is 96.0 cm³/mol. The second kappa shape index (κ2) is 7.67. The van der Waals surface area contributed by atoms with E-state index in [-0.39, 0.29) is 36.8 Å². The number of hydrogen-bond donors (Lipinski definition) is 2. The zero-order chi connectivity index (χ0) is 17.9. The summed E-state index contributed by atoms with van der Waals surface area (Å²) < 4.78 is 16.6. The van der Waals surface area contributed by atoms with Crippen LogP contribution < -0.4 is 10.6 Å². The standard InChI is InChI=1S/C17H20N4O4S/c1-23-9-14(22)19-11-7-24-16-12(8-25-15(11)16)21-17-18-5-4-10(20-17)13-3-2-6-26-13/h2-6,11-12,15-16H,7-9H2,1H3,(H,19,22)(H,18,20,21)/t11-,12+,15-,16+/m1/s1. The molecule has 0 unspecified atom stereocenters. The van der Waals surface area contributed by atoms with Crippen molar-refractivity contribution in [3.05, 3.63) is 29.8 Å². The molecule has 26 heavy (non-hydrogen) atoms. The second-order valence-corrected chi connectivity index (χ2v) is 7.14. The maximum absolute atomic E-state index is 11.7. The summed E-state index contributed by atoms with van der Waals surface area (Å²) in [7, 11) is 1.49. The van der Waals surface area contributed by atoms with Gasteiger partial charge in [0.05, 0.1) is 35.9 Å². The smallest absolute Gasteiger partial charge is 0.246 e. The molecule has 0 saturated carbocycles. The predicted octanol–water partition coefficient (Wildman–Crippen LogP) is 0.914. The lowest BCUT2D eigenvalue weighted by Gasteiger charge is -2.18. The van der Waals surface area contributed by atoms with Crippen molar-refractivity contribution >= 4 is 23.2 Å². The second-order valence-electron chi connectivity index (χ2n) is 6.20. The van der Waals surface area contributed by atoms with Crippen LogP contribution in [-0.4, -0.2) is 67.1 Å². The molecule has 0 bridgehead atoms. The third-order valence-electron chi connectivity index (χ3n) is 4.42. The lowest BCUT2D eigenvalue weighted by molar-refractivity contribution is -0.126. The molecule has 2 aromatic heterocycles. The van der Waals surface area contributed by atoms with E-state index < -0.39 is 0 Å². The van der Waals surface area contributed by atoms with E-state index in [0.29, 0.717) is 19.2 Å². The van der Waals surface area contributed by atoms with E-state index in [1.807, 2.05) is 23.6 Å². The molecule has 0 aliphatic carbocycles. The van der Waals surface area contributed by atoms with Crippen molar-refractivity contribution in [1.29, 1.82) is 0 Å². The Balaban J connectivity index is 1.40. The lowest BCUT2D eigenvalue weighted by Crippen LogP contribution is -2.45. The highest BCUT2D eigenvalue weighted by Crippen LogP contribution is 2.29. The molecule has 2 N–H and O–H groups in total. The summed E-state index contributed by atoms with van der Waals surface area (Å²) in [5, 5.41) is 8.22. The molecule has 2 saturated heterocycles. The number of aromatic nitrogens is 2. The minimum absolute atomic E-state index is 0.0267. The first-order chi connectivity index (χ1) is 12.7. The summed E-state index contributed by atoms with van der Waals surface area (Å²) in [6, 6.07) is 5.67. The van der Waals surface area contributed by atoms with Crippen LogP contribution in [0.15, 0.2) is 29.8 Å². The summed E-state index contributed by atoms with van der Waals surface area (Å²) in [6.07, 6.45) is 1.40. The molecule has 8 nitrogen and oxygen atoms in total. The van der Waals surface area contributed by atoms with Crippen molar-refractivity contribution in [2.24, 2.45) is 0 Å². The fourth-order valence-electron chi connectivity index (χ4n) is 3.28. The Morgan fingerprint density at radius 1 is 1.31 bits per heavy atom. The van der Waals surface area contributed by atoms with Gasteiger partial charge >= 0.3 is 0 Å². The molecule has 2 aromatic rings. The molecule has 2 aliphatic heterocycles. The Kier molecular flexibility index (Phi) is 5.11. The van der Waals surface area contributed by atoms with Crippen LogP contribution in [0.5, 0.6) is 0 Å². The van der Waals surface area contributed by atoms with Gasteiger partial charge in [-0.3, -0.25) is 4.79 Å². The van der Waals surface area contributed by atoms with Gasteiger partial charge in [-0.05, 0) is 17.5 Å². The van der Waals surface area contributed by atoms with Crippen molar-refractivity contribution in [3.63, 3.8) is 0 Å². The number of methoxy groups -OCH3 is 1. The number of hydrogen-bond acceptors (Lipinski definition) is 8. The van der Waals surface area contributed by atoms with Gasteiger partial charge in [-0.1, -0.05) is 6.07 Å². The first-order valence-electron chi connectivity index (χ1n) is 8.39. The van der Waals surface area contributed by atoms with Crippen molar-refractivity contribution in [1.82, 2.24) is 15.3 Å². The van der Waals surface area contributed by atoms with Crippen LogP contribution in [0.25, 0.3) is 10.6 Å². The number of thiophene rings is 1. The summed E-state index contributed by atoms with van der Waals surface area (Å²) >= 11 is 1.63. The number of carbonyl (C=O) groups excluding carboxylic acids is 1. The Morgan fingerprint density at radius 3 is 2.88 bits per heavy atom. The molecular weight excluding hydrogens is 356 g/mol. The molecule has 1 amide bonds. The molecule has 9 heteroatoms. The molecular formula is C17H20N4O4S. The SMILES string of the molecule is COCC(=O)N[C@@H]1CO[C@@H]2[C@@H]1OC[C@@H]2Nc1nccc(-c2cccs2)n1. The minimum atomic E-state index is -0.186. The van der Waals surface area contributed by atoms with Crippen LogP contribution in [0.4, 0.5) is 5.95 Å². The molecule has 2 fully saturated rings. The lowest BCUT2D eigenvalue weighted by atomic mass is 10.1. The van der Waals surface area contributed by atoms with Gasteiger partial charge in [-0.25, -0.2) is 9.97 Å². The maximum atomic E-state index is 11.7. The van der Waals surface area contributed by atoms with E-state index in [1.165, 1.54) is 7.11 Å². The number of fused-ring (bicyclic) bond motifs is 1. The van der Waals surface area contributed by atoms with Crippen molar-refractivity contribution in [2.75, 3.05) is 32.2 Å². The number of nitrogens with zero attached hydrogens (tertiary/aromatic N) is 2. The van der Waals surface area contributed by atoms with E-state index in [2.05, 4.69) is 20.6 Å². The number of rotatable bonds is 6. The average Bonchev–Trinajstić information content (AvgIpc) is 3.36. The molecule has 4 rings (SSSR count). The summed E-state index contributed by atoms with van der Waals surface area (Å²) in [5.41, 5.74) is 0.880. The third kappa shape index (κ3) is 3.56. The third-order valence-corrected chi connectivity index (χ3v) is 5.31. The van der Waals surface area contributed by atoms with Gasteiger partial charge in [-0.15, -0.1) is 11.3 Å². The fraction of sp³-hybridized carbons (Fsp3) is 0.471. The first kappa shape index (κ1) is 17.3. The average molecular weight is 376 g/mol. The van der Waals surface area contributed by atoms with Crippen LogP contribution in [0, 0.1) is 0 Å². The first-order valence-corrected chi connectivity index (χ1v) is 9.27. The summed E-state index contributed by atoms with van der Waals surface area (Å²) in [4.78, 5) is 21.7. The fourth-order valence-corrected chi connectivity index (χ4v) is 3.98. The zero-order valence-corrected chi connectivity index (χ0v) is 15.1. The molecule has 0 aromatic carbocycles. The maximum Gasteiger partial charge on any atom is 0.246 e. The molecule has 0 spiro atoms. The molecule has 4 atom stereocenters. The van der Waals surface area contributed by atoms with E-state index >= 15 is 0 Å². The number of anilines is 1. The van der Waals surface area contributed by atoms with Gasteiger partial charge in [-0.2, -0.15) is 0 Å². The highest BCUT2D eigenvalue weighted by molar-refractivity contribution is 7.13. The van der Waals surface area contributed by atoms with Gasteiger partial charge in [0.15, 0.2) is 0 Å². The normalized spacial score (nSPS) is 27.3. The Morgan fingerprint density at radius 2 is 2.12 bits per heavy atom. The monoisotopic (exact) mass is 376 g/mol. The van der Waals surface area contributed by atoms with Crippen molar-refractivity contribution in [2.45, 2.75) is 24.3 Å². The Hall–Kier alpha value is -2.07. The van der Waals surface area contributed by atoms with Crippen molar-refractivity contribution < 1.29 is 19.0 Å². The topological polar surface area (TPSA) is 94.6 Å². The minimum Gasteiger partial charge on any atom is -0.375 e. The van der Waals surface area contributed by atoms with Crippen LogP contribution in [-0.2, 0) is 19.0 Å². The van der Waals surface area contributed by atoms with Crippen LogP contribution in [0.3, 0.4) is 0 Å². The summed E-state index contributed by atoms with van der Waals surface area (Å²) in [5.74, 6) is 0.370. The van der Waals surface area contributed by atoms with E-state index in [1.54, 1.807) is 17.5 Å². The molecule has 138 valence electrons. The summed E-state index contributed by atoms with van der Waals surface area (Å²) in [6.45, 7) is 0.913. The highest BCUT2D eigenvalue weighted by Gasteiger charge is 2.48. The van der Waals surface area contributed by atoms with Crippen LogP contribution in [0.2, 0.25) is 0 Å². The van der Waals surface area contributed by atoms with E-state index in [9.17, 15) is 4.79 Å². The van der Waals surface area contributed by atoms with Gasteiger partial charge in [0, 0.05) is 13.3 Å². The molecule has 4 heterocycles. The van der Waals surface area contributed by atoms with Crippen molar-refractivity contribution in [3.8, 4) is 10.6 Å². The number of ether oxygens (including phenoxy) is 3. The highest BCUT2D eigenvalue weighted by atomic mass is 32.1. The van der Waals surface area contributed by atoms with Gasteiger partial charge in [0.2, 0.25) is 11.9 Å². The molecule has 2 aliphatic rings. The number of carbonyl (C=O) groups is 1. The largest absolute Gasteiger partial charge is 0.375 e. The van der Waals surface area contributed by atoms with E-state index in [0.717, 1.165) is 10.6 Å². The quantitative estimate of drug-likeness (QED) is 0.774. The van der Waals surface area contributed by atoms with Gasteiger partial charge in [0.1, 0.15) is 18.8 Å². The van der Waals surface area contributed by atoms with E-state index in [4.69, 9.17) is 14.2 Å². The van der Waals surface area contributed by atoms with Gasteiger partial charge in [0.25, 0.3) is 0 Å². The number of nitrogens with one attached hydrogen (secondary N) is 2. The molecule has 0 radical (unpaired) electrons. The Labute approximate surface area is 154 Å². The van der Waals surface area contributed by atoms with Crippen LogP contribution in [0.1, 0.15) is 0 Å².